The number of carbonyl (C=O) groups is 4. The van der Waals surface area contributed by atoms with Crippen LogP contribution in [0.1, 0.15) is 30.9 Å². The minimum absolute atomic E-state index is 0.112. The Bertz CT molecular complexity index is 1350. The Labute approximate surface area is 217 Å². The normalized spacial score (nSPS) is 31.5. The summed E-state index contributed by atoms with van der Waals surface area (Å²) in [6.45, 7) is 3.03. The van der Waals surface area contributed by atoms with E-state index in [1.807, 2.05) is 0 Å². The van der Waals surface area contributed by atoms with Crippen molar-refractivity contribution in [3.8, 4) is 5.75 Å². The molecule has 1 aromatic carbocycles. The van der Waals surface area contributed by atoms with Gasteiger partial charge in [-0.15, -0.1) is 0 Å². The monoisotopic (exact) mass is 530 g/mol. The summed E-state index contributed by atoms with van der Waals surface area (Å²) in [5, 5.41) is 58.8. The predicted molar refractivity (Wildman–Crippen MR) is 133 cm³/mol. The highest BCUT2D eigenvalue weighted by Gasteiger charge is 2.68. The van der Waals surface area contributed by atoms with Gasteiger partial charge in [-0.1, -0.05) is 13.0 Å². The number of nitrogens with zero attached hydrogens (tertiary/aromatic N) is 1. The highest BCUT2D eigenvalue weighted by molar-refractivity contribution is 6.24. The van der Waals surface area contributed by atoms with E-state index in [2.05, 4.69) is 5.32 Å². The lowest BCUT2D eigenvalue weighted by atomic mass is 9.54. The van der Waals surface area contributed by atoms with E-state index in [9.17, 15) is 44.7 Å². The van der Waals surface area contributed by atoms with Crippen LogP contribution in [-0.2, 0) is 19.2 Å². The van der Waals surface area contributed by atoms with Crippen molar-refractivity contribution in [3.05, 3.63) is 40.2 Å². The Hall–Kier alpha value is -3.78. The van der Waals surface area contributed by atoms with Crippen molar-refractivity contribution >= 4 is 34.8 Å². The van der Waals surface area contributed by atoms with Crippen LogP contribution < -0.4 is 16.8 Å². The Morgan fingerprint density at radius 1 is 1.16 bits per heavy atom. The quantitative estimate of drug-likeness (QED) is 0.170. The van der Waals surface area contributed by atoms with Gasteiger partial charge < -0.3 is 42.3 Å². The number of Topliss-reactive ketones (excluding diaryl/α,β-unsaturated/α-hetero) is 2. The van der Waals surface area contributed by atoms with E-state index in [0.717, 1.165) is 0 Å². The Balaban J connectivity index is 1.99. The number of aromatic hydroxyl groups is 1. The molecule has 0 bridgehead atoms. The first-order chi connectivity index (χ1) is 17.6. The van der Waals surface area contributed by atoms with E-state index < -0.39 is 93.3 Å². The van der Waals surface area contributed by atoms with Crippen LogP contribution in [0.2, 0.25) is 0 Å². The van der Waals surface area contributed by atoms with Gasteiger partial charge in [0.1, 0.15) is 22.8 Å². The van der Waals surface area contributed by atoms with Crippen molar-refractivity contribution in [2.75, 3.05) is 19.4 Å². The fraction of sp³-hybridized carbons (Fsp3) is 0.440. The summed E-state index contributed by atoms with van der Waals surface area (Å²) in [5.41, 5.74) is 6.31. The topological polar surface area (TPSA) is 237 Å². The van der Waals surface area contributed by atoms with Gasteiger partial charge in [0.25, 0.3) is 5.91 Å². The number of phenols is 1. The molecule has 0 aliphatic heterocycles. The molecule has 3 aliphatic carbocycles. The maximum absolute atomic E-state index is 13.9. The first kappa shape index (κ1) is 27.3. The number of nitrogens with two attached hydrogens (primary N) is 2. The average molecular weight is 531 g/mol. The van der Waals surface area contributed by atoms with Gasteiger partial charge in [0.15, 0.2) is 11.4 Å². The molecule has 13 nitrogen and oxygen atoms in total. The lowest BCUT2D eigenvalue weighted by molar-refractivity contribution is -0.169. The second-order valence-corrected chi connectivity index (χ2v) is 10.3. The Morgan fingerprint density at radius 3 is 2.29 bits per heavy atom. The van der Waals surface area contributed by atoms with Crippen LogP contribution in [0.4, 0.5) is 5.69 Å². The van der Waals surface area contributed by atoms with Crippen molar-refractivity contribution in [1.82, 2.24) is 4.90 Å². The Morgan fingerprint density at radius 2 is 1.76 bits per heavy atom. The zero-order valence-electron chi connectivity index (χ0n) is 21.1. The number of likely N-dealkylation sites (N-methyl/N-ethyl adjacent to an activating group) is 1. The van der Waals surface area contributed by atoms with Crippen molar-refractivity contribution < 1.29 is 44.7 Å². The van der Waals surface area contributed by atoms with Crippen LogP contribution in [0.3, 0.4) is 0 Å². The largest absolute Gasteiger partial charge is 0.508 e. The number of anilines is 1. The van der Waals surface area contributed by atoms with Crippen LogP contribution in [0.15, 0.2) is 29.0 Å². The number of nitrogens with one attached hydrogen (secondary N) is 1. The minimum Gasteiger partial charge on any atom is -0.508 e. The SMILES string of the molecule is C[C@H](N)C(=O)Nc1ccc2c(c1O)C(O)=C1C(=O)[C@]3(O)C(O)=C(C(N)=O)C(=O)[C@@H](N(C)C)C3C(O)C1[C@H]2C. The van der Waals surface area contributed by atoms with E-state index in [1.165, 1.54) is 38.1 Å². The molecular weight excluding hydrogens is 500 g/mol. The number of aliphatic hydroxyl groups excluding tert-OH is 3. The van der Waals surface area contributed by atoms with Crippen molar-refractivity contribution in [1.29, 1.82) is 0 Å². The van der Waals surface area contributed by atoms with Gasteiger partial charge in [0.2, 0.25) is 11.7 Å². The third-order valence-electron chi connectivity index (χ3n) is 7.80. The molecule has 13 heteroatoms. The van der Waals surface area contributed by atoms with E-state index >= 15 is 0 Å². The fourth-order valence-corrected chi connectivity index (χ4v) is 5.96. The van der Waals surface area contributed by atoms with Gasteiger partial charge in [0, 0.05) is 11.5 Å². The smallest absolute Gasteiger partial charge is 0.255 e. The first-order valence-corrected chi connectivity index (χ1v) is 11.8. The van der Waals surface area contributed by atoms with Crippen LogP contribution in [0.5, 0.6) is 5.75 Å². The maximum atomic E-state index is 13.9. The highest BCUT2D eigenvalue weighted by Crippen LogP contribution is 2.56. The predicted octanol–water partition coefficient (Wildman–Crippen LogP) is -1.22. The number of hydrogen-bond donors (Lipinski definition) is 8. The standard InChI is InChI=1S/C25H30N4O9/c1-7-9-5-6-10(28-24(37)8(2)26)17(30)12(9)18(31)13-11(7)19(32)15-16(29(3)4)20(33)14(23(27)36)22(35)25(15,38)21(13)34/h5-8,11,15-16,19,30-32,35,38H,26H2,1-4H3,(H2,27,36)(H,28,37)/t7-,8-,11?,15?,16-,19?,25-/m0/s1. The van der Waals surface area contributed by atoms with Gasteiger partial charge in [-0.2, -0.15) is 0 Å². The molecule has 7 atom stereocenters. The van der Waals surface area contributed by atoms with Gasteiger partial charge in [-0.05, 0) is 38.6 Å². The molecule has 4 rings (SSSR count). The summed E-state index contributed by atoms with van der Waals surface area (Å²) in [6.07, 6.45) is -1.69. The molecule has 0 spiro atoms. The average Bonchev–Trinajstić information content (AvgIpc) is 2.82. The van der Waals surface area contributed by atoms with Crippen LogP contribution in [0, 0.1) is 11.8 Å². The lowest BCUT2D eigenvalue weighted by Crippen LogP contribution is -2.70. The summed E-state index contributed by atoms with van der Waals surface area (Å²) in [5.74, 6) is -10.6. The highest BCUT2D eigenvalue weighted by atomic mass is 16.4. The molecular formula is C25H30N4O9. The van der Waals surface area contributed by atoms with E-state index in [1.54, 1.807) is 6.92 Å². The molecule has 3 aliphatic rings. The van der Waals surface area contributed by atoms with Crippen LogP contribution in [0.25, 0.3) is 5.76 Å². The molecule has 38 heavy (non-hydrogen) atoms. The zero-order chi connectivity index (χ0) is 28.6. The molecule has 0 aromatic heterocycles. The van der Waals surface area contributed by atoms with Crippen molar-refractivity contribution in [3.63, 3.8) is 0 Å². The van der Waals surface area contributed by atoms with E-state index in [0.29, 0.717) is 5.56 Å². The maximum Gasteiger partial charge on any atom is 0.255 e. The minimum atomic E-state index is -3.00. The van der Waals surface area contributed by atoms with E-state index in [4.69, 9.17) is 11.5 Å². The number of hydrogen-bond acceptors (Lipinski definition) is 11. The summed E-state index contributed by atoms with van der Waals surface area (Å²) in [4.78, 5) is 52.5. The lowest BCUT2D eigenvalue weighted by Gasteiger charge is -2.53. The third kappa shape index (κ3) is 3.46. The molecule has 2 amide bonds. The van der Waals surface area contributed by atoms with Gasteiger partial charge in [0.05, 0.1) is 35.4 Å². The van der Waals surface area contributed by atoms with E-state index in [-0.39, 0.29) is 11.3 Å². The molecule has 1 saturated carbocycles. The molecule has 1 aromatic rings. The van der Waals surface area contributed by atoms with Crippen molar-refractivity contribution in [2.24, 2.45) is 23.3 Å². The molecule has 204 valence electrons. The molecule has 3 unspecified atom stereocenters. The number of phenolic OH excluding ortho intramolecular Hbond substituents is 1. The number of carbonyl (C=O) groups excluding carboxylic acids is 4. The summed E-state index contributed by atoms with van der Waals surface area (Å²) < 4.78 is 0. The number of benzene rings is 1. The first-order valence-electron chi connectivity index (χ1n) is 11.8. The molecule has 10 N–H and O–H groups in total. The number of primary amides is 1. The number of amides is 2. The summed E-state index contributed by atoms with van der Waals surface area (Å²) >= 11 is 0. The second-order valence-electron chi connectivity index (χ2n) is 10.3. The molecule has 1 fully saturated rings. The zero-order valence-corrected chi connectivity index (χ0v) is 21.1. The number of rotatable bonds is 4. The summed E-state index contributed by atoms with van der Waals surface area (Å²) in [7, 11) is 2.86. The van der Waals surface area contributed by atoms with Gasteiger partial charge in [-0.3, -0.25) is 24.1 Å². The summed E-state index contributed by atoms with van der Waals surface area (Å²) in [6, 6.07) is 0.505. The third-order valence-corrected chi connectivity index (χ3v) is 7.80. The fourth-order valence-electron chi connectivity index (χ4n) is 5.96. The number of aliphatic hydroxyl groups is 4. The molecule has 0 radical (unpaired) electrons. The van der Waals surface area contributed by atoms with Gasteiger partial charge >= 0.3 is 0 Å². The van der Waals surface area contributed by atoms with Crippen LogP contribution in [-0.4, -0.2) is 91.7 Å². The molecule has 0 saturated heterocycles. The number of fused-ring (bicyclic) bond motifs is 3. The van der Waals surface area contributed by atoms with Gasteiger partial charge in [-0.25, -0.2) is 0 Å². The second kappa shape index (κ2) is 8.91. The van der Waals surface area contributed by atoms with Crippen LogP contribution >= 0.6 is 0 Å². The Kier molecular flexibility index (Phi) is 6.39. The molecule has 0 heterocycles. The van der Waals surface area contributed by atoms with Crippen molar-refractivity contribution in [2.45, 2.75) is 43.6 Å². The number of ketones is 2.